The third-order valence-corrected chi connectivity index (χ3v) is 6.83. The van der Waals surface area contributed by atoms with E-state index in [4.69, 9.17) is 4.74 Å². The summed E-state index contributed by atoms with van der Waals surface area (Å²) in [7, 11) is -2.74. The highest BCUT2D eigenvalue weighted by Crippen LogP contribution is 2.26. The van der Waals surface area contributed by atoms with Gasteiger partial charge in [0.25, 0.3) is 10.0 Å². The molecule has 172 valence electrons. The van der Waals surface area contributed by atoms with Gasteiger partial charge in [0.2, 0.25) is 5.91 Å². The van der Waals surface area contributed by atoms with Crippen LogP contribution in [0.25, 0.3) is 0 Å². The molecule has 0 aromatic heterocycles. The molecule has 3 rings (SSSR count). The Morgan fingerprint density at radius 1 is 0.909 bits per heavy atom. The van der Waals surface area contributed by atoms with E-state index in [9.17, 15) is 18.0 Å². The number of nitrogens with one attached hydrogen (secondary N) is 1. The molecule has 0 saturated carbocycles. The number of anilines is 2. The molecule has 0 radical (unpaired) electrons. The van der Waals surface area contributed by atoms with E-state index in [1.807, 2.05) is 19.9 Å². The summed E-state index contributed by atoms with van der Waals surface area (Å²) in [4.78, 5) is 25.0. The molecule has 33 heavy (non-hydrogen) atoms. The van der Waals surface area contributed by atoms with Gasteiger partial charge in [0.05, 0.1) is 23.3 Å². The van der Waals surface area contributed by atoms with Crippen molar-refractivity contribution in [1.29, 1.82) is 0 Å². The number of amides is 1. The van der Waals surface area contributed by atoms with Crippen LogP contribution in [0.15, 0.2) is 71.6 Å². The van der Waals surface area contributed by atoms with Crippen molar-refractivity contribution in [2.75, 3.05) is 23.3 Å². The van der Waals surface area contributed by atoms with E-state index in [2.05, 4.69) is 5.32 Å². The van der Waals surface area contributed by atoms with Gasteiger partial charge in [0.1, 0.15) is 6.54 Å². The lowest BCUT2D eigenvalue weighted by atomic mass is 10.1. The number of aryl methyl sites for hydroxylation is 3. The molecule has 0 aliphatic heterocycles. The second-order valence-electron chi connectivity index (χ2n) is 7.74. The first kappa shape index (κ1) is 24.0. The number of carbonyl (C=O) groups excluding carboxylic acids is 2. The number of methoxy groups -OCH3 is 1. The van der Waals surface area contributed by atoms with E-state index in [1.54, 1.807) is 49.4 Å². The Hall–Kier alpha value is -3.65. The molecule has 3 aromatic rings. The molecule has 0 atom stereocenters. The van der Waals surface area contributed by atoms with Crippen LogP contribution in [0.4, 0.5) is 11.4 Å². The third-order valence-electron chi connectivity index (χ3n) is 5.05. The zero-order valence-corrected chi connectivity index (χ0v) is 19.8. The Labute approximate surface area is 194 Å². The molecule has 8 heteroatoms. The first-order chi connectivity index (χ1) is 15.6. The first-order valence-electron chi connectivity index (χ1n) is 10.3. The lowest BCUT2D eigenvalue weighted by molar-refractivity contribution is -0.114. The van der Waals surface area contributed by atoms with Gasteiger partial charge in [-0.1, -0.05) is 30.3 Å². The van der Waals surface area contributed by atoms with Crippen molar-refractivity contribution in [3.05, 3.63) is 89.0 Å². The summed E-state index contributed by atoms with van der Waals surface area (Å²) in [5.74, 6) is -1.08. The summed E-state index contributed by atoms with van der Waals surface area (Å²) in [5, 5.41) is 2.73. The van der Waals surface area contributed by atoms with E-state index < -0.39 is 28.4 Å². The molecular weight excluding hydrogens is 440 g/mol. The molecule has 0 spiro atoms. The lowest BCUT2D eigenvalue weighted by Gasteiger charge is -2.25. The van der Waals surface area contributed by atoms with Crippen molar-refractivity contribution in [2.24, 2.45) is 0 Å². The Morgan fingerprint density at radius 2 is 1.55 bits per heavy atom. The minimum absolute atomic E-state index is 0.0841. The lowest BCUT2D eigenvalue weighted by Crippen LogP contribution is -2.38. The van der Waals surface area contributed by atoms with Crippen LogP contribution < -0.4 is 9.62 Å². The topological polar surface area (TPSA) is 92.8 Å². The highest BCUT2D eigenvalue weighted by molar-refractivity contribution is 7.92. The van der Waals surface area contributed by atoms with Crippen LogP contribution in [0.1, 0.15) is 27.0 Å². The maximum absolute atomic E-state index is 13.5. The molecule has 0 bridgehead atoms. The van der Waals surface area contributed by atoms with Gasteiger partial charge in [-0.2, -0.15) is 0 Å². The number of rotatable bonds is 7. The predicted octanol–water partition coefficient (Wildman–Crippen LogP) is 4.23. The van der Waals surface area contributed by atoms with Crippen LogP contribution in [0.2, 0.25) is 0 Å². The quantitative estimate of drug-likeness (QED) is 0.526. The minimum Gasteiger partial charge on any atom is -0.465 e. The molecule has 0 aliphatic rings. The standard InChI is InChI=1S/C25H26N2O5S/c1-17-12-18(2)14-21(13-17)27(33(30,31)22-8-6-5-7-9-22)16-24(28)26-23-15-20(25(29)32-4)11-10-19(23)3/h5-15H,16H2,1-4H3,(H,26,28). The second kappa shape index (κ2) is 9.87. The Balaban J connectivity index is 1.97. The number of hydrogen-bond donors (Lipinski definition) is 1. The van der Waals surface area contributed by atoms with Gasteiger partial charge in [-0.15, -0.1) is 0 Å². The number of nitrogens with zero attached hydrogens (tertiary/aromatic N) is 1. The number of carbonyl (C=O) groups is 2. The van der Waals surface area contributed by atoms with Gasteiger partial charge >= 0.3 is 5.97 Å². The predicted molar refractivity (Wildman–Crippen MR) is 128 cm³/mol. The van der Waals surface area contributed by atoms with Crippen molar-refractivity contribution in [3.63, 3.8) is 0 Å². The molecule has 1 N–H and O–H groups in total. The molecule has 1 amide bonds. The molecule has 0 saturated heterocycles. The van der Waals surface area contributed by atoms with E-state index >= 15 is 0 Å². The van der Waals surface area contributed by atoms with Crippen molar-refractivity contribution < 1.29 is 22.7 Å². The molecule has 3 aromatic carbocycles. The highest BCUT2D eigenvalue weighted by atomic mass is 32.2. The average molecular weight is 467 g/mol. The summed E-state index contributed by atoms with van der Waals surface area (Å²) in [6.07, 6.45) is 0. The van der Waals surface area contributed by atoms with Gasteiger partial charge in [-0.05, 0) is 73.9 Å². The monoisotopic (exact) mass is 466 g/mol. The smallest absolute Gasteiger partial charge is 0.337 e. The van der Waals surface area contributed by atoms with Crippen molar-refractivity contribution in [3.8, 4) is 0 Å². The number of benzene rings is 3. The average Bonchev–Trinajstić information content (AvgIpc) is 2.78. The van der Waals surface area contributed by atoms with Crippen LogP contribution in [0.3, 0.4) is 0 Å². The fraction of sp³-hybridized carbons (Fsp3) is 0.200. The van der Waals surface area contributed by atoms with Gasteiger partial charge in [-0.25, -0.2) is 13.2 Å². The number of hydrogen-bond acceptors (Lipinski definition) is 5. The van der Waals surface area contributed by atoms with E-state index in [0.29, 0.717) is 11.4 Å². The SMILES string of the molecule is COC(=O)c1ccc(C)c(NC(=O)CN(c2cc(C)cc(C)c2)S(=O)(=O)c2ccccc2)c1. The highest BCUT2D eigenvalue weighted by Gasteiger charge is 2.27. The summed E-state index contributed by atoms with van der Waals surface area (Å²) in [6.45, 7) is 5.07. The Morgan fingerprint density at radius 3 is 2.15 bits per heavy atom. The van der Waals surface area contributed by atoms with Gasteiger partial charge in [0, 0.05) is 5.69 Å². The minimum atomic E-state index is -4.01. The van der Waals surface area contributed by atoms with Crippen LogP contribution in [-0.2, 0) is 19.6 Å². The number of sulfonamides is 1. The van der Waals surface area contributed by atoms with Gasteiger partial charge in [0.15, 0.2) is 0 Å². The first-order valence-corrected chi connectivity index (χ1v) is 11.7. The normalized spacial score (nSPS) is 11.0. The second-order valence-corrected chi connectivity index (χ2v) is 9.60. The van der Waals surface area contributed by atoms with Crippen molar-refractivity contribution >= 4 is 33.3 Å². The number of ether oxygens (including phenoxy) is 1. The van der Waals surface area contributed by atoms with Crippen LogP contribution in [0.5, 0.6) is 0 Å². The van der Waals surface area contributed by atoms with E-state index in [0.717, 1.165) is 21.0 Å². The van der Waals surface area contributed by atoms with Gasteiger partial charge < -0.3 is 10.1 Å². The van der Waals surface area contributed by atoms with Crippen LogP contribution in [-0.4, -0.2) is 33.9 Å². The molecule has 0 unspecified atom stereocenters. The summed E-state index contributed by atoms with van der Waals surface area (Å²) < 4.78 is 32.8. The maximum atomic E-state index is 13.5. The zero-order chi connectivity index (χ0) is 24.2. The Kier molecular flexibility index (Phi) is 7.18. The maximum Gasteiger partial charge on any atom is 0.337 e. The zero-order valence-electron chi connectivity index (χ0n) is 19.0. The summed E-state index contributed by atoms with van der Waals surface area (Å²) in [5.41, 5.74) is 3.55. The summed E-state index contributed by atoms with van der Waals surface area (Å²) >= 11 is 0. The van der Waals surface area contributed by atoms with Crippen molar-refractivity contribution in [2.45, 2.75) is 25.7 Å². The molecule has 7 nitrogen and oxygen atoms in total. The number of esters is 1. The largest absolute Gasteiger partial charge is 0.465 e. The van der Waals surface area contributed by atoms with Gasteiger partial charge in [-0.3, -0.25) is 9.10 Å². The Bertz CT molecular complexity index is 1270. The third kappa shape index (κ3) is 5.59. The van der Waals surface area contributed by atoms with Crippen LogP contribution >= 0.6 is 0 Å². The van der Waals surface area contributed by atoms with E-state index in [1.165, 1.54) is 25.3 Å². The van der Waals surface area contributed by atoms with Crippen molar-refractivity contribution in [1.82, 2.24) is 0 Å². The molecule has 0 heterocycles. The van der Waals surface area contributed by atoms with E-state index in [-0.39, 0.29) is 10.5 Å². The fourth-order valence-electron chi connectivity index (χ4n) is 3.45. The van der Waals surface area contributed by atoms with Crippen LogP contribution in [0, 0.1) is 20.8 Å². The summed E-state index contributed by atoms with van der Waals surface area (Å²) in [6, 6.07) is 18.1. The molecule has 0 aliphatic carbocycles. The fourth-order valence-corrected chi connectivity index (χ4v) is 4.88. The molecule has 0 fully saturated rings. The molecular formula is C25H26N2O5S.